The van der Waals surface area contributed by atoms with Gasteiger partial charge in [0, 0.05) is 25.0 Å². The average molecular weight is 731 g/mol. The Morgan fingerprint density at radius 2 is 1.04 bits per heavy atom. The standard InChI is InChI=1S/2C20H15NO6/c1-12(22)25-17-9-8-14(11-18(17)26-13(2)23)10-16-20(24)27-19(21-16)15-6-4-3-5-7-15;22-17(23)10-14-7-6-12(8-15(14)11-18(24)25)9-16-20(26)27-19(21-16)13-4-2-1-3-5-13/h3-11H,1-2H3;1-9H,10-11H2,(H,22,23)(H,24,25)/b;16-9-. The Kier molecular flexibility index (Phi) is 12.0. The summed E-state index contributed by atoms with van der Waals surface area (Å²) >= 11 is 0. The van der Waals surface area contributed by atoms with Gasteiger partial charge in [0.05, 0.1) is 12.8 Å². The minimum absolute atomic E-state index is 0.0608. The number of esters is 4. The lowest BCUT2D eigenvalue weighted by atomic mass is 9.98. The fourth-order valence-corrected chi connectivity index (χ4v) is 5.03. The van der Waals surface area contributed by atoms with Crippen molar-refractivity contribution in [1.82, 2.24) is 0 Å². The molecule has 0 radical (unpaired) electrons. The molecular formula is C40H30N2O12. The van der Waals surface area contributed by atoms with E-state index in [2.05, 4.69) is 9.98 Å². The summed E-state index contributed by atoms with van der Waals surface area (Å²) in [6, 6.07) is 27.2. The molecule has 54 heavy (non-hydrogen) atoms. The fraction of sp³-hybridized carbons (Fsp3) is 0.100. The van der Waals surface area contributed by atoms with Gasteiger partial charge in [-0.05, 0) is 70.8 Å². The third kappa shape index (κ3) is 10.3. The first-order chi connectivity index (χ1) is 25.8. The van der Waals surface area contributed by atoms with Gasteiger partial charge in [0.1, 0.15) is 0 Å². The van der Waals surface area contributed by atoms with Crippen LogP contribution in [0.3, 0.4) is 0 Å². The van der Waals surface area contributed by atoms with Crippen LogP contribution in [0.1, 0.15) is 47.2 Å². The summed E-state index contributed by atoms with van der Waals surface area (Å²) in [7, 11) is 0. The molecule has 14 heteroatoms. The molecule has 0 aromatic heterocycles. The first kappa shape index (κ1) is 37.8. The van der Waals surface area contributed by atoms with E-state index in [1.165, 1.54) is 38.1 Å². The number of benzene rings is 4. The summed E-state index contributed by atoms with van der Waals surface area (Å²) in [5.41, 5.74) is 3.37. The number of carbonyl (C=O) groups is 6. The number of aliphatic carboxylic acids is 2. The second kappa shape index (κ2) is 17.2. The lowest BCUT2D eigenvalue weighted by molar-refractivity contribution is -0.137. The van der Waals surface area contributed by atoms with Crippen molar-refractivity contribution in [1.29, 1.82) is 0 Å². The zero-order chi connectivity index (χ0) is 38.8. The van der Waals surface area contributed by atoms with Crippen molar-refractivity contribution in [2.45, 2.75) is 26.7 Å². The van der Waals surface area contributed by atoms with Crippen molar-refractivity contribution >= 4 is 59.8 Å². The Bertz CT molecular complexity index is 2110. The molecule has 0 spiro atoms. The Labute approximate surface area is 307 Å². The zero-order valence-corrected chi connectivity index (χ0v) is 28.7. The van der Waals surface area contributed by atoms with Gasteiger partial charge in [-0.1, -0.05) is 60.7 Å². The van der Waals surface area contributed by atoms with Crippen LogP contribution in [0.5, 0.6) is 11.5 Å². The van der Waals surface area contributed by atoms with Gasteiger partial charge >= 0.3 is 35.8 Å². The Morgan fingerprint density at radius 3 is 1.52 bits per heavy atom. The minimum atomic E-state index is -1.07. The van der Waals surface area contributed by atoms with Gasteiger partial charge in [0.2, 0.25) is 11.8 Å². The van der Waals surface area contributed by atoms with Crippen LogP contribution < -0.4 is 9.47 Å². The van der Waals surface area contributed by atoms with Crippen molar-refractivity contribution < 1.29 is 57.9 Å². The van der Waals surface area contributed by atoms with E-state index in [4.69, 9.17) is 29.2 Å². The predicted octanol–water partition coefficient (Wildman–Crippen LogP) is 5.17. The van der Waals surface area contributed by atoms with E-state index in [1.807, 2.05) is 24.3 Å². The van der Waals surface area contributed by atoms with Crippen molar-refractivity contribution in [2.24, 2.45) is 9.98 Å². The highest BCUT2D eigenvalue weighted by Gasteiger charge is 2.25. The molecule has 0 fully saturated rings. The van der Waals surface area contributed by atoms with Crippen LogP contribution in [-0.2, 0) is 51.1 Å². The molecular weight excluding hydrogens is 700 g/mol. The van der Waals surface area contributed by atoms with Crippen molar-refractivity contribution in [3.8, 4) is 11.5 Å². The quantitative estimate of drug-likeness (QED) is 0.123. The third-order valence-electron chi connectivity index (χ3n) is 7.28. The molecule has 0 unspecified atom stereocenters. The van der Waals surface area contributed by atoms with Gasteiger partial charge in [-0.15, -0.1) is 0 Å². The summed E-state index contributed by atoms with van der Waals surface area (Å²) in [6.45, 7) is 2.47. The van der Waals surface area contributed by atoms with Crippen LogP contribution in [0.25, 0.3) is 12.2 Å². The molecule has 0 atom stereocenters. The molecule has 0 bridgehead atoms. The smallest absolute Gasteiger partial charge is 0.363 e. The average Bonchev–Trinajstić information content (AvgIpc) is 3.68. The Hall–Kier alpha value is -7.48. The molecule has 6 rings (SSSR count). The first-order valence-electron chi connectivity index (χ1n) is 16.1. The van der Waals surface area contributed by atoms with E-state index in [1.54, 1.807) is 60.7 Å². The predicted molar refractivity (Wildman–Crippen MR) is 192 cm³/mol. The number of ether oxygens (including phenoxy) is 4. The molecule has 0 amide bonds. The van der Waals surface area contributed by atoms with Crippen LogP contribution in [-0.4, -0.2) is 57.8 Å². The summed E-state index contributed by atoms with van der Waals surface area (Å²) in [4.78, 5) is 77.0. The molecule has 0 aliphatic carbocycles. The molecule has 0 saturated heterocycles. The van der Waals surface area contributed by atoms with Crippen molar-refractivity contribution in [3.63, 3.8) is 0 Å². The SMILES string of the molecule is CC(=O)Oc1ccc(C=C2N=C(c3ccccc3)OC2=O)cc1OC(C)=O.O=C(O)Cc1ccc(/C=C2\N=C(c3ccccc3)OC2=O)cc1CC(=O)O. The second-order valence-electron chi connectivity index (χ2n) is 11.5. The number of hydrogen-bond acceptors (Lipinski definition) is 12. The van der Waals surface area contributed by atoms with Gasteiger partial charge < -0.3 is 29.2 Å². The molecule has 4 aromatic rings. The summed E-state index contributed by atoms with van der Waals surface area (Å²) in [5.74, 6) is -3.88. The minimum Gasteiger partial charge on any atom is -0.481 e. The Morgan fingerprint density at radius 1 is 0.593 bits per heavy atom. The maximum absolute atomic E-state index is 12.1. The number of rotatable bonds is 10. The highest BCUT2D eigenvalue weighted by atomic mass is 16.6. The molecule has 0 saturated carbocycles. The van der Waals surface area contributed by atoms with Crippen molar-refractivity contribution in [3.05, 3.63) is 142 Å². The fourth-order valence-electron chi connectivity index (χ4n) is 5.03. The van der Waals surface area contributed by atoms with Gasteiger partial charge in [-0.25, -0.2) is 19.6 Å². The lowest BCUT2D eigenvalue weighted by Gasteiger charge is -2.09. The molecule has 272 valence electrons. The van der Waals surface area contributed by atoms with E-state index in [9.17, 15) is 28.8 Å². The van der Waals surface area contributed by atoms with Crippen LogP contribution in [0.2, 0.25) is 0 Å². The number of carbonyl (C=O) groups excluding carboxylic acids is 4. The monoisotopic (exact) mass is 730 g/mol. The van der Waals surface area contributed by atoms with Crippen LogP contribution in [0, 0.1) is 0 Å². The molecule has 4 aromatic carbocycles. The Balaban J connectivity index is 0.000000208. The van der Waals surface area contributed by atoms with Crippen LogP contribution >= 0.6 is 0 Å². The second-order valence-corrected chi connectivity index (χ2v) is 11.5. The molecule has 2 heterocycles. The van der Waals surface area contributed by atoms with E-state index in [0.29, 0.717) is 33.4 Å². The number of carboxylic acid groups (broad SMARTS) is 2. The largest absolute Gasteiger partial charge is 0.481 e. The van der Waals surface area contributed by atoms with Crippen LogP contribution in [0.15, 0.2) is 118 Å². The van der Waals surface area contributed by atoms with Gasteiger partial charge in [-0.2, -0.15) is 0 Å². The topological polar surface area (TPSA) is 205 Å². The molecule has 14 nitrogen and oxygen atoms in total. The van der Waals surface area contributed by atoms with Gasteiger partial charge in [-0.3, -0.25) is 19.2 Å². The zero-order valence-electron chi connectivity index (χ0n) is 28.7. The van der Waals surface area contributed by atoms with Gasteiger partial charge in [0.15, 0.2) is 22.9 Å². The number of hydrogen-bond donors (Lipinski definition) is 2. The third-order valence-corrected chi connectivity index (χ3v) is 7.28. The van der Waals surface area contributed by atoms with E-state index in [-0.39, 0.29) is 47.5 Å². The maximum Gasteiger partial charge on any atom is 0.363 e. The van der Waals surface area contributed by atoms with E-state index in [0.717, 1.165) is 0 Å². The molecule has 2 aliphatic rings. The maximum atomic E-state index is 12.1. The number of nitrogens with zero attached hydrogens (tertiary/aromatic N) is 2. The van der Waals surface area contributed by atoms with E-state index < -0.39 is 35.8 Å². The highest BCUT2D eigenvalue weighted by Crippen LogP contribution is 2.30. The lowest BCUT2D eigenvalue weighted by Crippen LogP contribution is -2.08. The summed E-state index contributed by atoms with van der Waals surface area (Å²) in [6.07, 6.45) is 2.37. The van der Waals surface area contributed by atoms with E-state index >= 15 is 0 Å². The first-order valence-corrected chi connectivity index (χ1v) is 16.1. The number of carboxylic acids is 2. The molecule has 2 N–H and O–H groups in total. The van der Waals surface area contributed by atoms with Crippen molar-refractivity contribution in [2.75, 3.05) is 0 Å². The number of aliphatic imine (C=N–C) groups is 2. The summed E-state index contributed by atoms with van der Waals surface area (Å²) < 4.78 is 20.4. The summed E-state index contributed by atoms with van der Waals surface area (Å²) in [5, 5.41) is 18.0. The number of cyclic esters (lactones) is 2. The normalized spacial score (nSPS) is 14.6. The molecule has 2 aliphatic heterocycles. The van der Waals surface area contributed by atoms with Crippen LogP contribution in [0.4, 0.5) is 0 Å². The van der Waals surface area contributed by atoms with Gasteiger partial charge in [0.25, 0.3) is 0 Å². The highest BCUT2D eigenvalue weighted by molar-refractivity contribution is 6.13.